The minimum Gasteiger partial charge on any atom is -0.483 e. The molecule has 1 aromatic heterocycles. The van der Waals surface area contributed by atoms with E-state index in [1.807, 2.05) is 0 Å². The third-order valence-corrected chi connectivity index (χ3v) is 3.37. The zero-order valence-electron chi connectivity index (χ0n) is 10.8. The molecular weight excluding hydrogens is 332 g/mol. The van der Waals surface area contributed by atoms with Gasteiger partial charge in [-0.3, -0.25) is 15.1 Å². The molecule has 0 aromatic carbocycles. The summed E-state index contributed by atoms with van der Waals surface area (Å²) < 4.78 is 16.8. The molecule has 110 valence electrons. The number of nitro groups is 1. The van der Waals surface area contributed by atoms with E-state index in [2.05, 4.69) is 20.9 Å². The van der Waals surface area contributed by atoms with Crippen LogP contribution in [0.5, 0.6) is 5.75 Å². The molecular formula is C12H15BrN2O5. The molecule has 1 unspecified atom stereocenters. The van der Waals surface area contributed by atoms with Crippen LogP contribution in [0, 0.1) is 10.1 Å². The largest absolute Gasteiger partial charge is 0.483 e. The normalized spacial score (nSPS) is 18.8. The van der Waals surface area contributed by atoms with Gasteiger partial charge in [-0.25, -0.2) is 0 Å². The first-order chi connectivity index (χ1) is 9.68. The van der Waals surface area contributed by atoms with E-state index < -0.39 is 4.92 Å². The third kappa shape index (κ3) is 4.12. The lowest BCUT2D eigenvalue weighted by molar-refractivity contribution is -0.386. The Labute approximate surface area is 124 Å². The van der Waals surface area contributed by atoms with Gasteiger partial charge in [-0.1, -0.05) is 0 Å². The predicted octanol–water partition coefficient (Wildman–Crippen LogP) is 2.67. The van der Waals surface area contributed by atoms with Gasteiger partial charge in [-0.2, -0.15) is 0 Å². The van der Waals surface area contributed by atoms with Crippen LogP contribution in [-0.2, 0) is 9.47 Å². The van der Waals surface area contributed by atoms with E-state index >= 15 is 0 Å². The Morgan fingerprint density at radius 1 is 1.45 bits per heavy atom. The van der Waals surface area contributed by atoms with Crippen molar-refractivity contribution in [3.8, 4) is 5.75 Å². The van der Waals surface area contributed by atoms with Gasteiger partial charge in [0.05, 0.1) is 16.0 Å². The summed E-state index contributed by atoms with van der Waals surface area (Å²) >= 11 is 3.19. The van der Waals surface area contributed by atoms with Gasteiger partial charge in [0.15, 0.2) is 6.29 Å². The Kier molecular flexibility index (Phi) is 5.69. The molecule has 0 radical (unpaired) electrons. The molecule has 0 amide bonds. The SMILES string of the molecule is O=[N+]([O-])c1cncc(Br)c1OCCOC1CCCCO1. The molecule has 1 aromatic rings. The van der Waals surface area contributed by atoms with Crippen molar-refractivity contribution >= 4 is 21.6 Å². The van der Waals surface area contributed by atoms with E-state index in [0.29, 0.717) is 17.7 Å². The summed E-state index contributed by atoms with van der Waals surface area (Å²) in [6, 6.07) is 0. The van der Waals surface area contributed by atoms with Crippen LogP contribution in [0.2, 0.25) is 0 Å². The van der Waals surface area contributed by atoms with Crippen LogP contribution in [0.3, 0.4) is 0 Å². The van der Waals surface area contributed by atoms with Crippen LogP contribution >= 0.6 is 15.9 Å². The standard InChI is InChI=1S/C12H15BrN2O5/c13-9-7-14-8-10(15(16)17)12(9)20-6-5-19-11-3-1-2-4-18-11/h7-8,11H,1-6H2. The molecule has 20 heavy (non-hydrogen) atoms. The molecule has 1 fully saturated rings. The van der Waals surface area contributed by atoms with Crippen molar-refractivity contribution in [1.82, 2.24) is 4.98 Å². The minimum absolute atomic E-state index is 0.165. The van der Waals surface area contributed by atoms with Crippen molar-refractivity contribution in [2.75, 3.05) is 19.8 Å². The summed E-state index contributed by atoms with van der Waals surface area (Å²) in [5, 5.41) is 10.9. The van der Waals surface area contributed by atoms with Crippen LogP contribution in [0.4, 0.5) is 5.69 Å². The topological polar surface area (TPSA) is 83.7 Å². The maximum atomic E-state index is 10.9. The zero-order valence-corrected chi connectivity index (χ0v) is 12.4. The first-order valence-electron chi connectivity index (χ1n) is 6.32. The van der Waals surface area contributed by atoms with Crippen LogP contribution in [-0.4, -0.2) is 36.0 Å². The van der Waals surface area contributed by atoms with Crippen molar-refractivity contribution in [3.63, 3.8) is 0 Å². The fourth-order valence-corrected chi connectivity index (χ4v) is 2.29. The highest BCUT2D eigenvalue weighted by Crippen LogP contribution is 2.33. The van der Waals surface area contributed by atoms with Crippen LogP contribution < -0.4 is 4.74 Å². The second kappa shape index (κ2) is 7.51. The lowest BCUT2D eigenvalue weighted by atomic mass is 10.2. The van der Waals surface area contributed by atoms with Crippen LogP contribution in [0.15, 0.2) is 16.9 Å². The zero-order chi connectivity index (χ0) is 14.4. The van der Waals surface area contributed by atoms with E-state index in [9.17, 15) is 10.1 Å². The van der Waals surface area contributed by atoms with Crippen LogP contribution in [0.1, 0.15) is 19.3 Å². The molecule has 2 heterocycles. The lowest BCUT2D eigenvalue weighted by Gasteiger charge is -2.22. The summed E-state index contributed by atoms with van der Waals surface area (Å²) in [6.07, 6.45) is 5.44. The van der Waals surface area contributed by atoms with Gasteiger partial charge < -0.3 is 14.2 Å². The molecule has 0 bridgehead atoms. The molecule has 1 saturated heterocycles. The quantitative estimate of drug-likeness (QED) is 0.447. The Balaban J connectivity index is 1.83. The molecule has 0 aliphatic carbocycles. The van der Waals surface area contributed by atoms with Crippen molar-refractivity contribution in [3.05, 3.63) is 27.0 Å². The molecule has 1 atom stereocenters. The number of hydrogen-bond donors (Lipinski definition) is 0. The number of ether oxygens (including phenoxy) is 3. The van der Waals surface area contributed by atoms with Crippen LogP contribution in [0.25, 0.3) is 0 Å². The van der Waals surface area contributed by atoms with Gasteiger partial charge in [0.1, 0.15) is 12.8 Å². The number of rotatable bonds is 6. The molecule has 7 nitrogen and oxygen atoms in total. The smallest absolute Gasteiger partial charge is 0.330 e. The Morgan fingerprint density at radius 3 is 3.00 bits per heavy atom. The average Bonchev–Trinajstić information content (AvgIpc) is 2.45. The summed E-state index contributed by atoms with van der Waals surface area (Å²) in [5.74, 6) is 0.165. The van der Waals surface area contributed by atoms with E-state index in [-0.39, 0.29) is 24.3 Å². The Morgan fingerprint density at radius 2 is 2.30 bits per heavy atom. The van der Waals surface area contributed by atoms with Gasteiger partial charge in [0, 0.05) is 12.8 Å². The number of pyridine rings is 1. The second-order valence-electron chi connectivity index (χ2n) is 4.24. The summed E-state index contributed by atoms with van der Waals surface area (Å²) in [5.41, 5.74) is -0.173. The second-order valence-corrected chi connectivity index (χ2v) is 5.10. The van der Waals surface area contributed by atoms with Crippen molar-refractivity contribution in [2.24, 2.45) is 0 Å². The summed E-state index contributed by atoms with van der Waals surface area (Å²) in [6.45, 7) is 1.24. The molecule has 2 rings (SSSR count). The maximum absolute atomic E-state index is 10.9. The predicted molar refractivity (Wildman–Crippen MR) is 73.6 cm³/mol. The Bertz CT molecular complexity index is 465. The van der Waals surface area contributed by atoms with Gasteiger partial charge in [-0.15, -0.1) is 0 Å². The van der Waals surface area contributed by atoms with Gasteiger partial charge in [-0.05, 0) is 35.2 Å². The van der Waals surface area contributed by atoms with Crippen molar-refractivity contribution < 1.29 is 19.1 Å². The van der Waals surface area contributed by atoms with Crippen molar-refractivity contribution in [2.45, 2.75) is 25.6 Å². The molecule has 1 aliphatic heterocycles. The average molecular weight is 347 g/mol. The van der Waals surface area contributed by atoms with Gasteiger partial charge in [0.25, 0.3) is 0 Å². The molecule has 1 aliphatic rings. The maximum Gasteiger partial charge on any atom is 0.330 e. The number of nitrogens with zero attached hydrogens (tertiary/aromatic N) is 2. The summed E-state index contributed by atoms with van der Waals surface area (Å²) in [7, 11) is 0. The van der Waals surface area contributed by atoms with E-state index in [1.165, 1.54) is 6.20 Å². The lowest BCUT2D eigenvalue weighted by Crippen LogP contribution is -2.24. The molecule has 8 heteroatoms. The molecule has 0 spiro atoms. The van der Waals surface area contributed by atoms with E-state index in [0.717, 1.165) is 25.5 Å². The van der Waals surface area contributed by atoms with Gasteiger partial charge >= 0.3 is 5.69 Å². The fourth-order valence-electron chi connectivity index (χ4n) is 1.85. The monoisotopic (exact) mass is 346 g/mol. The highest BCUT2D eigenvalue weighted by atomic mass is 79.9. The number of hydrogen-bond acceptors (Lipinski definition) is 6. The summed E-state index contributed by atoms with van der Waals surface area (Å²) in [4.78, 5) is 14.1. The van der Waals surface area contributed by atoms with Crippen molar-refractivity contribution in [1.29, 1.82) is 0 Å². The highest BCUT2D eigenvalue weighted by molar-refractivity contribution is 9.10. The van der Waals surface area contributed by atoms with E-state index in [4.69, 9.17) is 14.2 Å². The first-order valence-corrected chi connectivity index (χ1v) is 7.11. The fraction of sp³-hybridized carbons (Fsp3) is 0.583. The number of halogens is 1. The molecule has 0 N–H and O–H groups in total. The first kappa shape index (κ1) is 15.1. The third-order valence-electron chi connectivity index (χ3n) is 2.80. The molecule has 0 saturated carbocycles. The highest BCUT2D eigenvalue weighted by Gasteiger charge is 2.19. The minimum atomic E-state index is -0.530. The Hall–Kier alpha value is -1.25. The van der Waals surface area contributed by atoms with Gasteiger partial charge in [0.2, 0.25) is 5.75 Å². The number of aromatic nitrogens is 1. The van der Waals surface area contributed by atoms with E-state index in [1.54, 1.807) is 0 Å².